The molecule has 0 radical (unpaired) electrons. The molecule has 0 amide bonds. The molecule has 0 heterocycles. The molecule has 0 saturated carbocycles. The van der Waals surface area contributed by atoms with Crippen molar-refractivity contribution in [3.05, 3.63) is 0 Å². The van der Waals surface area contributed by atoms with E-state index in [1.165, 1.54) is 0 Å². The first-order valence-corrected chi connectivity index (χ1v) is 2.73. The summed E-state index contributed by atoms with van der Waals surface area (Å²) in [6.45, 7) is 0. The fourth-order valence-corrected chi connectivity index (χ4v) is 0. The summed E-state index contributed by atoms with van der Waals surface area (Å²) >= 11 is 4.39. The Morgan fingerprint density at radius 1 is 1.22 bits per heavy atom. The molecule has 0 aliphatic carbocycles. The first kappa shape index (κ1) is 23.0. The minimum atomic E-state index is -4.15. The van der Waals surface area contributed by atoms with Crippen LogP contribution < -0.4 is 4.24 Å². The van der Waals surface area contributed by atoms with Gasteiger partial charge in [-0.15, -0.1) is 4.24 Å². The molecule has 0 atom stereocenters. The SMILES string of the molecule is O.O.O.O=S(=O)(O)NCl. The molecular weight excluding hydrogens is 178 g/mol. The van der Waals surface area contributed by atoms with Gasteiger partial charge in [0.25, 0.3) is 0 Å². The van der Waals surface area contributed by atoms with E-state index in [1.54, 1.807) is 0 Å². The number of nitrogens with one attached hydrogen (secondary N) is 1. The first-order chi connectivity index (χ1) is 2.56. The Hall–Kier alpha value is 0.0400. The van der Waals surface area contributed by atoms with Gasteiger partial charge in [-0.2, -0.15) is 8.42 Å². The molecule has 0 aliphatic heterocycles. The van der Waals surface area contributed by atoms with Crippen molar-refractivity contribution in [3.8, 4) is 0 Å². The highest BCUT2D eigenvalue weighted by Gasteiger charge is 1.93. The molecule has 0 fully saturated rings. The van der Waals surface area contributed by atoms with Gasteiger partial charge in [-0.3, -0.25) is 4.55 Å². The lowest BCUT2D eigenvalue weighted by molar-refractivity contribution is 0.480. The highest BCUT2D eigenvalue weighted by Crippen LogP contribution is 1.70. The minimum Gasteiger partial charge on any atom is -0.412 e. The van der Waals surface area contributed by atoms with E-state index in [9.17, 15) is 8.42 Å². The zero-order valence-electron chi connectivity index (χ0n) is 4.05. The van der Waals surface area contributed by atoms with Crippen LogP contribution in [0.3, 0.4) is 0 Å². The van der Waals surface area contributed by atoms with E-state index in [1.807, 2.05) is 0 Å². The van der Waals surface area contributed by atoms with E-state index in [4.69, 9.17) is 4.55 Å². The van der Waals surface area contributed by atoms with Gasteiger partial charge < -0.3 is 16.4 Å². The summed E-state index contributed by atoms with van der Waals surface area (Å²) < 4.78 is 27.3. The molecule has 0 unspecified atom stereocenters. The van der Waals surface area contributed by atoms with Gasteiger partial charge in [-0.25, -0.2) is 0 Å². The van der Waals surface area contributed by atoms with Crippen molar-refractivity contribution in [2.45, 2.75) is 0 Å². The maximum atomic E-state index is 9.31. The predicted octanol–water partition coefficient (Wildman–Crippen LogP) is -2.94. The Balaban J connectivity index is -0.0000000417. The van der Waals surface area contributed by atoms with Crippen LogP contribution >= 0.6 is 11.8 Å². The Morgan fingerprint density at radius 2 is 1.33 bits per heavy atom. The molecule has 0 aliphatic rings. The van der Waals surface area contributed by atoms with Crippen molar-refractivity contribution in [3.63, 3.8) is 0 Å². The molecule has 0 aromatic rings. The van der Waals surface area contributed by atoms with Crippen LogP contribution in [0.5, 0.6) is 0 Å². The van der Waals surface area contributed by atoms with Crippen molar-refractivity contribution >= 4 is 22.1 Å². The highest BCUT2D eigenvalue weighted by molar-refractivity contribution is 7.84. The summed E-state index contributed by atoms with van der Waals surface area (Å²) in [5.74, 6) is 0. The van der Waals surface area contributed by atoms with E-state index in [0.29, 0.717) is 0 Å². The maximum absolute atomic E-state index is 9.31. The number of rotatable bonds is 1. The van der Waals surface area contributed by atoms with Crippen LogP contribution in [0.1, 0.15) is 0 Å². The van der Waals surface area contributed by atoms with Gasteiger partial charge in [0, 0.05) is 0 Å². The average molecular weight is 186 g/mol. The second-order valence-corrected chi connectivity index (χ2v) is 2.12. The van der Waals surface area contributed by atoms with Gasteiger partial charge in [0.15, 0.2) is 0 Å². The predicted molar refractivity (Wildman–Crippen MR) is 31.4 cm³/mol. The molecule has 62 valence electrons. The number of hydrogen-bond donors (Lipinski definition) is 2. The molecule has 0 aromatic carbocycles. The minimum absolute atomic E-state index is 0. The standard InChI is InChI=1S/ClH2NO3S.3H2O/c1-2-6(3,4)5;;;/h2H,(H,3,4,5);3*1H2. The Kier molecular flexibility index (Phi) is 20.6. The molecular formula is H8ClNO6S. The van der Waals surface area contributed by atoms with Gasteiger partial charge in [-0.05, 0) is 11.8 Å². The second-order valence-electron chi connectivity index (χ2n) is 0.552. The molecule has 8 N–H and O–H groups in total. The zero-order chi connectivity index (χ0) is 5.21. The van der Waals surface area contributed by atoms with Crippen LogP contribution in [-0.4, -0.2) is 29.4 Å². The molecule has 0 rings (SSSR count). The lowest BCUT2D eigenvalue weighted by atomic mass is 13.9. The molecule has 0 saturated heterocycles. The maximum Gasteiger partial charge on any atom is 0.346 e. The van der Waals surface area contributed by atoms with Crippen molar-refractivity contribution in [1.82, 2.24) is 4.24 Å². The summed E-state index contributed by atoms with van der Waals surface area (Å²) in [6, 6.07) is 0. The van der Waals surface area contributed by atoms with Gasteiger partial charge in [-0.1, -0.05) is 0 Å². The second kappa shape index (κ2) is 8.04. The molecule has 0 aromatic heterocycles. The fraction of sp³-hybridized carbons (Fsp3) is 0. The van der Waals surface area contributed by atoms with Crippen LogP contribution in [0.4, 0.5) is 0 Å². The Morgan fingerprint density at radius 3 is 1.33 bits per heavy atom. The van der Waals surface area contributed by atoms with Crippen LogP contribution in [0.2, 0.25) is 0 Å². The third kappa shape index (κ3) is 31.7. The monoisotopic (exact) mass is 185 g/mol. The van der Waals surface area contributed by atoms with Crippen LogP contribution in [0, 0.1) is 0 Å². The smallest absolute Gasteiger partial charge is 0.346 e. The third-order valence-corrected chi connectivity index (χ3v) is 0.877. The van der Waals surface area contributed by atoms with E-state index in [2.05, 4.69) is 11.8 Å². The number of hydrogen-bond acceptors (Lipinski definition) is 2. The summed E-state index contributed by atoms with van der Waals surface area (Å²) in [5.41, 5.74) is 0. The summed E-state index contributed by atoms with van der Waals surface area (Å²) in [4.78, 5) is 0. The summed E-state index contributed by atoms with van der Waals surface area (Å²) in [6.07, 6.45) is 0. The molecule has 0 bridgehead atoms. The van der Waals surface area contributed by atoms with Crippen molar-refractivity contribution in [1.29, 1.82) is 0 Å². The van der Waals surface area contributed by atoms with Gasteiger partial charge in [0.05, 0.1) is 0 Å². The zero-order valence-corrected chi connectivity index (χ0v) is 5.62. The van der Waals surface area contributed by atoms with Crippen LogP contribution in [0.15, 0.2) is 0 Å². The van der Waals surface area contributed by atoms with E-state index in [-0.39, 0.29) is 16.4 Å². The van der Waals surface area contributed by atoms with Crippen molar-refractivity contribution < 1.29 is 29.4 Å². The van der Waals surface area contributed by atoms with Gasteiger partial charge in [0.2, 0.25) is 0 Å². The van der Waals surface area contributed by atoms with Crippen molar-refractivity contribution in [2.75, 3.05) is 0 Å². The third-order valence-electron chi connectivity index (χ3n) is 0.0975. The topological polar surface area (TPSA) is 161 Å². The quantitative estimate of drug-likeness (QED) is 0.331. The highest BCUT2D eigenvalue weighted by atomic mass is 35.5. The molecule has 9 heteroatoms. The van der Waals surface area contributed by atoms with E-state index in [0.717, 1.165) is 4.24 Å². The molecule has 7 nitrogen and oxygen atoms in total. The largest absolute Gasteiger partial charge is 0.412 e. The van der Waals surface area contributed by atoms with Crippen LogP contribution in [-0.2, 0) is 10.3 Å². The van der Waals surface area contributed by atoms with E-state index >= 15 is 0 Å². The summed E-state index contributed by atoms with van der Waals surface area (Å²) in [5, 5.41) is 0. The van der Waals surface area contributed by atoms with Crippen LogP contribution in [0.25, 0.3) is 0 Å². The average Bonchev–Trinajstić information content (AvgIpc) is 1.35. The van der Waals surface area contributed by atoms with E-state index < -0.39 is 10.3 Å². The molecule has 0 spiro atoms. The van der Waals surface area contributed by atoms with Crippen molar-refractivity contribution in [2.24, 2.45) is 0 Å². The lowest BCUT2D eigenvalue weighted by Crippen LogP contribution is -2.09. The Bertz CT molecular complexity index is 115. The number of halogens is 1. The fourth-order valence-electron chi connectivity index (χ4n) is 0. The van der Waals surface area contributed by atoms with Gasteiger partial charge in [0.1, 0.15) is 0 Å². The summed E-state index contributed by atoms with van der Waals surface area (Å²) in [7, 11) is -4.15. The molecule has 9 heavy (non-hydrogen) atoms. The first-order valence-electron chi connectivity index (χ1n) is 0.909. The lowest BCUT2D eigenvalue weighted by Gasteiger charge is -1.80. The Labute approximate surface area is 56.5 Å². The van der Waals surface area contributed by atoms with Gasteiger partial charge >= 0.3 is 10.3 Å². The normalized spacial score (nSPS) is 7.78.